The molecule has 5 nitrogen and oxygen atoms in total. The molecule has 152 valence electrons. The molecule has 0 bridgehead atoms. The standard InChI is InChI=1S/C25H25N3O2/c1-25(2,3)22(28-24(29)30)18-9-6-16(7-10-18)4-5-17-8-11-20-15-21(23(26)27)13-12-19(20)14-17/h6-15,22,28H,1-3H3,(H3,26,27)(H,29,30). The fraction of sp³-hybridized carbons (Fsp3) is 0.200. The van der Waals surface area contributed by atoms with Gasteiger partial charge in [0, 0.05) is 16.7 Å². The van der Waals surface area contributed by atoms with Crippen LogP contribution in [0.1, 0.15) is 49.1 Å². The Morgan fingerprint density at radius 2 is 1.53 bits per heavy atom. The number of hydrogen-bond donors (Lipinski definition) is 4. The Bertz CT molecular complexity index is 1160. The van der Waals surface area contributed by atoms with Gasteiger partial charge in [-0.15, -0.1) is 0 Å². The molecule has 0 heterocycles. The predicted octanol–water partition coefficient (Wildman–Crippen LogP) is 4.88. The molecule has 0 saturated carbocycles. The van der Waals surface area contributed by atoms with E-state index in [-0.39, 0.29) is 17.3 Å². The Morgan fingerprint density at radius 3 is 2.13 bits per heavy atom. The van der Waals surface area contributed by atoms with Crippen LogP contribution in [0.2, 0.25) is 0 Å². The van der Waals surface area contributed by atoms with Crippen LogP contribution < -0.4 is 11.1 Å². The minimum absolute atomic E-state index is 0.0523. The lowest BCUT2D eigenvalue weighted by molar-refractivity contribution is 0.175. The lowest BCUT2D eigenvalue weighted by Gasteiger charge is -2.30. The highest BCUT2D eigenvalue weighted by molar-refractivity contribution is 5.99. The van der Waals surface area contributed by atoms with Gasteiger partial charge in [0.2, 0.25) is 0 Å². The molecule has 0 fully saturated rings. The van der Waals surface area contributed by atoms with Gasteiger partial charge in [-0.1, -0.05) is 62.9 Å². The fourth-order valence-corrected chi connectivity index (χ4v) is 3.32. The molecule has 0 aromatic heterocycles. The number of amides is 1. The average Bonchev–Trinajstić information content (AvgIpc) is 2.69. The molecule has 0 radical (unpaired) electrons. The third-order valence-corrected chi connectivity index (χ3v) is 4.88. The maximum atomic E-state index is 11.2. The second kappa shape index (κ2) is 8.30. The van der Waals surface area contributed by atoms with Crippen molar-refractivity contribution in [1.29, 1.82) is 5.41 Å². The summed E-state index contributed by atoms with van der Waals surface area (Å²) in [6.45, 7) is 6.00. The van der Waals surface area contributed by atoms with E-state index < -0.39 is 6.09 Å². The van der Waals surface area contributed by atoms with E-state index in [1.807, 2.05) is 81.4 Å². The third kappa shape index (κ3) is 4.98. The molecule has 0 aliphatic rings. The summed E-state index contributed by atoms with van der Waals surface area (Å²) in [7, 11) is 0. The molecule has 1 amide bonds. The number of hydrogen-bond acceptors (Lipinski definition) is 2. The first kappa shape index (κ1) is 20.9. The largest absolute Gasteiger partial charge is 0.465 e. The van der Waals surface area contributed by atoms with Crippen LogP contribution in [0.5, 0.6) is 0 Å². The molecule has 5 N–H and O–H groups in total. The van der Waals surface area contributed by atoms with Crippen LogP contribution in [0.25, 0.3) is 10.8 Å². The molecule has 0 aliphatic carbocycles. The summed E-state index contributed by atoms with van der Waals surface area (Å²) in [6, 6.07) is 18.9. The van der Waals surface area contributed by atoms with Crippen molar-refractivity contribution in [1.82, 2.24) is 5.32 Å². The van der Waals surface area contributed by atoms with Crippen molar-refractivity contribution < 1.29 is 9.90 Å². The molecule has 0 saturated heterocycles. The molecule has 5 heteroatoms. The number of nitrogens with one attached hydrogen (secondary N) is 2. The van der Waals surface area contributed by atoms with Crippen LogP contribution in [-0.4, -0.2) is 17.0 Å². The summed E-state index contributed by atoms with van der Waals surface area (Å²) < 4.78 is 0. The Labute approximate surface area is 176 Å². The van der Waals surface area contributed by atoms with Gasteiger partial charge < -0.3 is 16.2 Å². The quantitative estimate of drug-likeness (QED) is 0.287. The maximum Gasteiger partial charge on any atom is 0.405 e. The van der Waals surface area contributed by atoms with Crippen molar-refractivity contribution in [3.05, 3.63) is 82.9 Å². The second-order valence-corrected chi connectivity index (χ2v) is 8.31. The van der Waals surface area contributed by atoms with Gasteiger partial charge in [0.05, 0.1) is 6.04 Å². The van der Waals surface area contributed by atoms with Gasteiger partial charge in [-0.05, 0) is 52.1 Å². The summed E-state index contributed by atoms with van der Waals surface area (Å²) in [5.74, 6) is 6.39. The highest BCUT2D eigenvalue weighted by Crippen LogP contribution is 2.32. The highest BCUT2D eigenvalue weighted by atomic mass is 16.4. The first-order valence-electron chi connectivity index (χ1n) is 9.63. The van der Waals surface area contributed by atoms with Crippen LogP contribution in [0.3, 0.4) is 0 Å². The van der Waals surface area contributed by atoms with Crippen LogP contribution in [0.4, 0.5) is 4.79 Å². The van der Waals surface area contributed by atoms with Crippen molar-refractivity contribution in [2.45, 2.75) is 26.8 Å². The molecule has 3 aromatic rings. The zero-order valence-electron chi connectivity index (χ0n) is 17.3. The Kier molecular flexibility index (Phi) is 5.79. The van der Waals surface area contributed by atoms with Gasteiger partial charge in [0.25, 0.3) is 0 Å². The van der Waals surface area contributed by atoms with Gasteiger partial charge in [0.15, 0.2) is 0 Å². The smallest absolute Gasteiger partial charge is 0.405 e. The molecular formula is C25H25N3O2. The summed E-state index contributed by atoms with van der Waals surface area (Å²) >= 11 is 0. The Balaban J connectivity index is 1.83. The minimum Gasteiger partial charge on any atom is -0.465 e. The van der Waals surface area contributed by atoms with E-state index in [1.165, 1.54) is 0 Å². The highest BCUT2D eigenvalue weighted by Gasteiger charge is 2.27. The Hall–Kier alpha value is -3.78. The topological polar surface area (TPSA) is 99.2 Å². The lowest BCUT2D eigenvalue weighted by atomic mass is 9.82. The van der Waals surface area contributed by atoms with Crippen molar-refractivity contribution in [2.75, 3.05) is 0 Å². The molecule has 0 aliphatic heterocycles. The maximum absolute atomic E-state index is 11.2. The van der Waals surface area contributed by atoms with Gasteiger partial charge >= 0.3 is 6.09 Å². The average molecular weight is 399 g/mol. The van der Waals surface area contributed by atoms with E-state index in [0.717, 1.165) is 27.5 Å². The monoisotopic (exact) mass is 399 g/mol. The van der Waals surface area contributed by atoms with E-state index in [1.54, 1.807) is 0 Å². The summed E-state index contributed by atoms with van der Waals surface area (Å²) in [5, 5.41) is 21.3. The number of carboxylic acid groups (broad SMARTS) is 1. The number of carbonyl (C=O) groups is 1. The SMILES string of the molecule is CC(C)(C)C(NC(=O)O)c1ccc(C#Cc2ccc3cc(C(=N)N)ccc3c2)cc1. The predicted molar refractivity (Wildman–Crippen MR) is 121 cm³/mol. The number of fused-ring (bicyclic) bond motifs is 1. The van der Waals surface area contributed by atoms with Gasteiger partial charge in [-0.3, -0.25) is 5.41 Å². The molecule has 30 heavy (non-hydrogen) atoms. The van der Waals surface area contributed by atoms with E-state index in [2.05, 4.69) is 17.2 Å². The second-order valence-electron chi connectivity index (χ2n) is 8.31. The minimum atomic E-state index is -1.04. The van der Waals surface area contributed by atoms with Crippen LogP contribution in [0, 0.1) is 22.7 Å². The van der Waals surface area contributed by atoms with E-state index in [0.29, 0.717) is 5.56 Å². The lowest BCUT2D eigenvalue weighted by Crippen LogP contribution is -2.35. The Morgan fingerprint density at radius 1 is 0.967 bits per heavy atom. The van der Waals surface area contributed by atoms with Crippen LogP contribution >= 0.6 is 0 Å². The van der Waals surface area contributed by atoms with Crippen LogP contribution in [0.15, 0.2) is 60.7 Å². The number of rotatable bonds is 3. The van der Waals surface area contributed by atoms with Crippen molar-refractivity contribution in [3.63, 3.8) is 0 Å². The van der Waals surface area contributed by atoms with Crippen molar-refractivity contribution in [2.24, 2.45) is 11.1 Å². The zero-order chi connectivity index (χ0) is 21.9. The molecule has 1 unspecified atom stereocenters. The first-order chi connectivity index (χ1) is 14.1. The summed E-state index contributed by atoms with van der Waals surface area (Å²) in [4.78, 5) is 11.2. The third-order valence-electron chi connectivity index (χ3n) is 4.88. The molecule has 0 spiro atoms. The zero-order valence-corrected chi connectivity index (χ0v) is 17.3. The number of nitrogen functional groups attached to an aromatic ring is 1. The van der Waals surface area contributed by atoms with Gasteiger partial charge in [-0.2, -0.15) is 0 Å². The molecule has 3 rings (SSSR count). The summed E-state index contributed by atoms with van der Waals surface area (Å²) in [5.41, 5.74) is 8.65. The fourth-order valence-electron chi connectivity index (χ4n) is 3.32. The van der Waals surface area contributed by atoms with Gasteiger partial charge in [-0.25, -0.2) is 4.79 Å². The summed E-state index contributed by atoms with van der Waals surface area (Å²) in [6.07, 6.45) is -1.04. The molecule has 1 atom stereocenters. The van der Waals surface area contributed by atoms with E-state index in [4.69, 9.17) is 16.2 Å². The number of benzene rings is 3. The number of nitrogens with two attached hydrogens (primary N) is 1. The molecule has 3 aromatic carbocycles. The van der Waals surface area contributed by atoms with E-state index >= 15 is 0 Å². The molecular weight excluding hydrogens is 374 g/mol. The van der Waals surface area contributed by atoms with E-state index in [9.17, 15) is 4.79 Å². The van der Waals surface area contributed by atoms with Crippen molar-refractivity contribution >= 4 is 22.7 Å². The van der Waals surface area contributed by atoms with Crippen LogP contribution in [-0.2, 0) is 0 Å². The first-order valence-corrected chi connectivity index (χ1v) is 9.63. The van der Waals surface area contributed by atoms with Crippen molar-refractivity contribution in [3.8, 4) is 11.8 Å². The number of amidine groups is 1. The normalized spacial score (nSPS) is 12.0. The van der Waals surface area contributed by atoms with Gasteiger partial charge in [0.1, 0.15) is 5.84 Å².